The Morgan fingerprint density at radius 3 is 1.09 bits per heavy atom. The zero-order valence-electron chi connectivity index (χ0n) is 48.1. The van der Waals surface area contributed by atoms with Crippen LogP contribution in [0.15, 0.2) is 134 Å². The Balaban J connectivity index is 4.30. The number of carbonyl (C=O) groups is 3. The minimum absolute atomic E-state index is 0.132. The number of carbonyl (C=O) groups excluding carboxylic acids is 3. The van der Waals surface area contributed by atoms with Crippen LogP contribution in [0.5, 0.6) is 0 Å². The molecule has 0 aliphatic heterocycles. The van der Waals surface area contributed by atoms with E-state index in [1.165, 1.54) is 64.2 Å². The van der Waals surface area contributed by atoms with Gasteiger partial charge in [0.1, 0.15) is 13.2 Å². The van der Waals surface area contributed by atoms with E-state index < -0.39 is 24.3 Å². The standard InChI is InChI=1S/C66H107NO8/c1-6-8-10-12-14-16-18-20-22-24-26-28-29-30-31-32-33-34-35-37-38-40-42-44-46-48-50-52-54-56-63(68)73-60-62(61-74-66(65(70)71)72-59-58-67(3,4)5)75-64(69)57-55-53-51-49-47-45-43-41-39-36-27-25-23-21-19-17-15-13-11-9-7-2/h8-11,14-17,20-23,26-28,30-31,36,41,43,47,49,62,66H,6-7,12-13,18-19,24-25,29,32-35,37-40,42,44-46,48,50-61H2,1-5H3/b10-8-,11-9-,16-14-,17-15-,22-20-,23-21-,28-26-,31-30-,36-27-,43-41-,49-47-. The van der Waals surface area contributed by atoms with Crippen LogP contribution in [0, 0.1) is 0 Å². The molecule has 0 saturated carbocycles. The first-order chi connectivity index (χ1) is 36.6. The number of allylic oxidation sites excluding steroid dienone is 22. The van der Waals surface area contributed by atoms with Crippen LogP contribution in [-0.4, -0.2) is 82.3 Å². The van der Waals surface area contributed by atoms with E-state index in [2.05, 4.69) is 148 Å². The smallest absolute Gasteiger partial charge is 0.306 e. The molecule has 0 saturated heterocycles. The molecule has 0 N–H and O–H groups in total. The molecule has 0 fully saturated rings. The first-order valence-corrected chi connectivity index (χ1v) is 29.3. The van der Waals surface area contributed by atoms with Gasteiger partial charge in [-0.05, 0) is 109 Å². The number of rotatable bonds is 52. The predicted octanol–water partition coefficient (Wildman–Crippen LogP) is 16.1. The van der Waals surface area contributed by atoms with Crippen LogP contribution in [0.25, 0.3) is 0 Å². The van der Waals surface area contributed by atoms with Crippen molar-refractivity contribution in [3.8, 4) is 0 Å². The van der Waals surface area contributed by atoms with Gasteiger partial charge in [0.15, 0.2) is 12.4 Å². The lowest BCUT2D eigenvalue weighted by atomic mass is 10.0. The van der Waals surface area contributed by atoms with Crippen LogP contribution < -0.4 is 5.11 Å². The van der Waals surface area contributed by atoms with Crippen LogP contribution in [0.2, 0.25) is 0 Å². The maximum Gasteiger partial charge on any atom is 0.306 e. The largest absolute Gasteiger partial charge is 0.545 e. The second-order valence-corrected chi connectivity index (χ2v) is 20.2. The lowest BCUT2D eigenvalue weighted by Gasteiger charge is -2.26. The minimum atomic E-state index is -1.64. The molecule has 0 bridgehead atoms. The Bertz CT molecular complexity index is 1690. The number of hydrogen-bond donors (Lipinski definition) is 0. The van der Waals surface area contributed by atoms with E-state index in [1.54, 1.807) is 0 Å². The van der Waals surface area contributed by atoms with Crippen molar-refractivity contribution in [2.75, 3.05) is 47.5 Å². The summed E-state index contributed by atoms with van der Waals surface area (Å²) in [6, 6.07) is 0. The van der Waals surface area contributed by atoms with Crippen molar-refractivity contribution in [2.45, 2.75) is 219 Å². The molecular weight excluding hydrogens is 935 g/mol. The number of hydrogen-bond acceptors (Lipinski definition) is 8. The van der Waals surface area contributed by atoms with Crippen LogP contribution in [0.4, 0.5) is 0 Å². The predicted molar refractivity (Wildman–Crippen MR) is 315 cm³/mol. The van der Waals surface area contributed by atoms with Gasteiger partial charge in [0, 0.05) is 12.8 Å². The second kappa shape index (κ2) is 55.7. The number of ether oxygens (including phenoxy) is 4. The number of carboxylic acids is 1. The summed E-state index contributed by atoms with van der Waals surface area (Å²) < 4.78 is 22.6. The number of esters is 2. The SMILES string of the molecule is CC/C=C\C/C=C\C/C=C\C/C=C\C/C=C\C/C=C\CCCCC(=O)OC(COC(=O)CCCCCCCCCCCCCCC/C=C\C/C=C\C/C=C\C/C=C\C/C=C\CC)COC(OCC[N+](C)(C)C)C(=O)[O-]. The fourth-order valence-electron chi connectivity index (χ4n) is 7.45. The summed E-state index contributed by atoms with van der Waals surface area (Å²) in [5.74, 6) is -2.36. The number of nitrogens with zero attached hydrogens (tertiary/aromatic N) is 1. The van der Waals surface area contributed by atoms with Gasteiger partial charge >= 0.3 is 11.9 Å². The number of quaternary nitrogens is 1. The molecule has 9 nitrogen and oxygen atoms in total. The molecule has 0 aromatic carbocycles. The summed E-state index contributed by atoms with van der Waals surface area (Å²) in [5.41, 5.74) is 0. The van der Waals surface area contributed by atoms with Gasteiger partial charge < -0.3 is 33.3 Å². The van der Waals surface area contributed by atoms with Crippen LogP contribution in [0.3, 0.4) is 0 Å². The maximum atomic E-state index is 12.8. The molecule has 0 aromatic rings. The molecule has 2 unspecified atom stereocenters. The lowest BCUT2D eigenvalue weighted by molar-refractivity contribution is -0.870. The summed E-state index contributed by atoms with van der Waals surface area (Å²) in [6.45, 7) is 4.45. The van der Waals surface area contributed by atoms with Crippen molar-refractivity contribution in [2.24, 2.45) is 0 Å². The Morgan fingerprint density at radius 1 is 0.400 bits per heavy atom. The molecule has 424 valence electrons. The highest BCUT2D eigenvalue weighted by Gasteiger charge is 2.22. The summed E-state index contributed by atoms with van der Waals surface area (Å²) in [6.07, 6.45) is 76.5. The van der Waals surface area contributed by atoms with Gasteiger partial charge in [0.05, 0.1) is 40.3 Å². The van der Waals surface area contributed by atoms with Gasteiger partial charge in [-0.25, -0.2) is 0 Å². The molecule has 0 heterocycles. The van der Waals surface area contributed by atoms with Gasteiger partial charge in [0.25, 0.3) is 0 Å². The van der Waals surface area contributed by atoms with Crippen molar-refractivity contribution in [1.29, 1.82) is 0 Å². The maximum absolute atomic E-state index is 12.8. The summed E-state index contributed by atoms with van der Waals surface area (Å²) >= 11 is 0. The quantitative estimate of drug-likeness (QED) is 0.0195. The fraction of sp³-hybridized carbons (Fsp3) is 0.621. The minimum Gasteiger partial charge on any atom is -0.545 e. The molecule has 0 aliphatic carbocycles. The van der Waals surface area contributed by atoms with Gasteiger partial charge in [-0.3, -0.25) is 9.59 Å². The molecule has 0 rings (SSSR count). The zero-order chi connectivity index (χ0) is 54.8. The fourth-order valence-corrected chi connectivity index (χ4v) is 7.45. The van der Waals surface area contributed by atoms with Gasteiger partial charge in [-0.2, -0.15) is 0 Å². The molecule has 0 spiro atoms. The Morgan fingerprint density at radius 2 is 0.720 bits per heavy atom. The van der Waals surface area contributed by atoms with Crippen molar-refractivity contribution >= 4 is 17.9 Å². The van der Waals surface area contributed by atoms with E-state index in [9.17, 15) is 19.5 Å². The van der Waals surface area contributed by atoms with Crippen molar-refractivity contribution < 1.29 is 42.9 Å². The first-order valence-electron chi connectivity index (χ1n) is 29.3. The monoisotopic (exact) mass is 1040 g/mol. The first kappa shape index (κ1) is 70.4. The zero-order valence-corrected chi connectivity index (χ0v) is 48.1. The molecule has 0 amide bonds. The molecule has 9 heteroatoms. The van der Waals surface area contributed by atoms with Gasteiger partial charge in [-0.1, -0.05) is 218 Å². The highest BCUT2D eigenvalue weighted by Crippen LogP contribution is 2.15. The van der Waals surface area contributed by atoms with Crippen molar-refractivity contribution in [3.05, 3.63) is 134 Å². The molecule has 0 aromatic heterocycles. The summed E-state index contributed by atoms with van der Waals surface area (Å²) in [5, 5.41) is 11.8. The molecule has 0 aliphatic rings. The molecular formula is C66H107NO8. The molecule has 0 radical (unpaired) electrons. The average Bonchev–Trinajstić information content (AvgIpc) is 3.38. The van der Waals surface area contributed by atoms with Crippen LogP contribution in [-0.2, 0) is 33.3 Å². The van der Waals surface area contributed by atoms with Gasteiger partial charge in [-0.15, -0.1) is 0 Å². The third kappa shape index (κ3) is 57.0. The summed E-state index contributed by atoms with van der Waals surface area (Å²) in [7, 11) is 5.89. The lowest BCUT2D eigenvalue weighted by Crippen LogP contribution is -2.44. The summed E-state index contributed by atoms with van der Waals surface area (Å²) in [4.78, 5) is 37.3. The van der Waals surface area contributed by atoms with Crippen LogP contribution >= 0.6 is 0 Å². The van der Waals surface area contributed by atoms with Crippen LogP contribution in [0.1, 0.15) is 206 Å². The highest BCUT2D eigenvalue weighted by atomic mass is 16.7. The average molecular weight is 1040 g/mol. The van der Waals surface area contributed by atoms with E-state index in [0.29, 0.717) is 17.4 Å². The van der Waals surface area contributed by atoms with Crippen molar-refractivity contribution in [3.63, 3.8) is 0 Å². The van der Waals surface area contributed by atoms with Gasteiger partial charge in [0.2, 0.25) is 0 Å². The van der Waals surface area contributed by atoms with E-state index in [0.717, 1.165) is 109 Å². The normalized spacial score (nSPS) is 13.8. The van der Waals surface area contributed by atoms with Crippen molar-refractivity contribution in [1.82, 2.24) is 0 Å². The van der Waals surface area contributed by atoms with E-state index in [4.69, 9.17) is 18.9 Å². The van der Waals surface area contributed by atoms with E-state index >= 15 is 0 Å². The number of likely N-dealkylation sites (N-methyl/N-ethyl adjacent to an activating group) is 1. The van der Waals surface area contributed by atoms with E-state index in [-0.39, 0.29) is 38.6 Å². The van der Waals surface area contributed by atoms with E-state index in [1.807, 2.05) is 21.1 Å². The number of carboxylic acid groups (broad SMARTS) is 1. The number of unbranched alkanes of at least 4 members (excludes halogenated alkanes) is 15. The Kier molecular flexibility index (Phi) is 52.3. The highest BCUT2D eigenvalue weighted by molar-refractivity contribution is 5.70. The Hall–Kier alpha value is -4.57. The Labute approximate surface area is 459 Å². The third-order valence-corrected chi connectivity index (χ3v) is 11.9. The molecule has 75 heavy (non-hydrogen) atoms. The number of aliphatic carboxylic acids is 1. The molecule has 2 atom stereocenters. The topological polar surface area (TPSA) is 111 Å². The third-order valence-electron chi connectivity index (χ3n) is 11.9. The second-order valence-electron chi connectivity index (χ2n) is 20.2.